The van der Waals surface area contributed by atoms with Crippen LogP contribution < -0.4 is 5.32 Å². The molecule has 1 N–H and O–H groups in total. The molecule has 0 saturated carbocycles. The third kappa shape index (κ3) is 2.07. The van der Waals surface area contributed by atoms with Gasteiger partial charge in [0.25, 0.3) is 0 Å². The van der Waals surface area contributed by atoms with Crippen molar-refractivity contribution in [2.45, 2.75) is 0 Å². The Balaban J connectivity index is 2.61. The van der Waals surface area contributed by atoms with E-state index in [9.17, 15) is 0 Å². The van der Waals surface area contributed by atoms with Gasteiger partial charge < -0.3 is 5.32 Å². The minimum Gasteiger partial charge on any atom is -0.372 e. The molecule has 0 unspecified atom stereocenters. The van der Waals surface area contributed by atoms with E-state index < -0.39 is 0 Å². The zero-order valence-corrected chi connectivity index (χ0v) is 10.4. The van der Waals surface area contributed by atoms with Crippen LogP contribution in [0.3, 0.4) is 0 Å². The predicted octanol–water partition coefficient (Wildman–Crippen LogP) is 3.09. The van der Waals surface area contributed by atoms with Crippen LogP contribution in [0.2, 0.25) is 10.0 Å². The van der Waals surface area contributed by atoms with Crippen molar-refractivity contribution >= 4 is 29.0 Å². The van der Waals surface area contributed by atoms with Crippen molar-refractivity contribution in [2.75, 3.05) is 12.4 Å². The Hall–Kier alpha value is -1.70. The van der Waals surface area contributed by atoms with Crippen molar-refractivity contribution in [3.05, 3.63) is 40.0 Å². The largest absolute Gasteiger partial charge is 0.372 e. The molecule has 6 heteroatoms. The first-order valence-corrected chi connectivity index (χ1v) is 5.54. The van der Waals surface area contributed by atoms with E-state index in [2.05, 4.69) is 16.5 Å². The molecular weight excluding hydrogens is 259 g/mol. The average molecular weight is 267 g/mol. The number of hydrogen-bond donors (Lipinski definition) is 1. The molecule has 2 rings (SSSR count). The van der Waals surface area contributed by atoms with Gasteiger partial charge in [-0.2, -0.15) is 10.4 Å². The Labute approximate surface area is 108 Å². The lowest BCUT2D eigenvalue weighted by Crippen LogP contribution is -2.03. The number of nitrogens with zero attached hydrogens (tertiary/aromatic N) is 3. The summed E-state index contributed by atoms with van der Waals surface area (Å²) in [4.78, 5) is 0. The minimum absolute atomic E-state index is 0.457. The number of benzene rings is 1. The first-order valence-electron chi connectivity index (χ1n) is 4.78. The summed E-state index contributed by atoms with van der Waals surface area (Å²) in [5.41, 5.74) is 1.13. The molecule has 2 aromatic rings. The first-order chi connectivity index (χ1) is 8.17. The maximum Gasteiger partial charge on any atom is 0.147 e. The van der Waals surface area contributed by atoms with Crippen LogP contribution in [0.25, 0.3) is 5.69 Å². The van der Waals surface area contributed by atoms with Gasteiger partial charge in [-0.05, 0) is 18.2 Å². The lowest BCUT2D eigenvalue weighted by Gasteiger charge is -2.09. The van der Waals surface area contributed by atoms with Gasteiger partial charge in [-0.25, -0.2) is 4.68 Å². The second kappa shape index (κ2) is 4.66. The number of nitrogens with one attached hydrogen (secondary N) is 1. The first kappa shape index (κ1) is 11.8. The highest BCUT2D eigenvalue weighted by Crippen LogP contribution is 2.27. The van der Waals surface area contributed by atoms with Crippen molar-refractivity contribution in [1.82, 2.24) is 9.78 Å². The van der Waals surface area contributed by atoms with Crippen molar-refractivity contribution in [2.24, 2.45) is 0 Å². The van der Waals surface area contributed by atoms with Gasteiger partial charge in [0, 0.05) is 12.1 Å². The standard InChI is InChI=1S/C11H8Cl2N4/c1-15-11-7(5-14)6-16-17(11)10-3-2-8(12)4-9(10)13/h2-4,6,15H,1H3. The molecular formula is C11H8Cl2N4. The molecule has 17 heavy (non-hydrogen) atoms. The molecule has 4 nitrogen and oxygen atoms in total. The molecule has 0 spiro atoms. The van der Waals surface area contributed by atoms with E-state index in [-0.39, 0.29) is 0 Å². The fourth-order valence-corrected chi connectivity index (χ4v) is 2.00. The van der Waals surface area contributed by atoms with Gasteiger partial charge in [0.2, 0.25) is 0 Å². The topological polar surface area (TPSA) is 53.6 Å². The smallest absolute Gasteiger partial charge is 0.147 e. The lowest BCUT2D eigenvalue weighted by molar-refractivity contribution is 0.885. The molecule has 86 valence electrons. The minimum atomic E-state index is 0.457. The molecule has 0 aliphatic carbocycles. The SMILES string of the molecule is CNc1c(C#N)cnn1-c1ccc(Cl)cc1Cl. The van der Waals surface area contributed by atoms with Crippen molar-refractivity contribution < 1.29 is 0 Å². The Morgan fingerprint density at radius 3 is 2.76 bits per heavy atom. The van der Waals surface area contributed by atoms with E-state index in [1.165, 1.54) is 6.20 Å². The van der Waals surface area contributed by atoms with Crippen molar-refractivity contribution in [1.29, 1.82) is 5.26 Å². The van der Waals surface area contributed by atoms with Gasteiger partial charge in [-0.1, -0.05) is 23.2 Å². The zero-order chi connectivity index (χ0) is 12.4. The van der Waals surface area contributed by atoms with Crippen LogP contribution in [0.5, 0.6) is 0 Å². The Morgan fingerprint density at radius 2 is 2.18 bits per heavy atom. The fraction of sp³-hybridized carbons (Fsp3) is 0.0909. The van der Waals surface area contributed by atoms with Crippen LogP contribution in [-0.4, -0.2) is 16.8 Å². The van der Waals surface area contributed by atoms with Gasteiger partial charge in [0.15, 0.2) is 0 Å². The van der Waals surface area contributed by atoms with E-state index >= 15 is 0 Å². The highest BCUT2D eigenvalue weighted by Gasteiger charge is 2.12. The molecule has 1 aromatic carbocycles. The van der Waals surface area contributed by atoms with Gasteiger partial charge in [0.05, 0.1) is 16.9 Å². The van der Waals surface area contributed by atoms with E-state index in [1.54, 1.807) is 29.9 Å². The summed E-state index contributed by atoms with van der Waals surface area (Å²) < 4.78 is 1.57. The number of anilines is 1. The van der Waals surface area contributed by atoms with E-state index in [0.717, 1.165) is 0 Å². The normalized spacial score (nSPS) is 10.0. The number of rotatable bonds is 2. The Kier molecular flexibility index (Phi) is 3.23. The van der Waals surface area contributed by atoms with Gasteiger partial charge >= 0.3 is 0 Å². The Bertz CT molecular complexity index is 598. The molecule has 0 amide bonds. The molecule has 0 radical (unpaired) electrons. The second-order valence-corrected chi connectivity index (χ2v) is 4.12. The number of aromatic nitrogens is 2. The van der Waals surface area contributed by atoms with Crippen molar-refractivity contribution in [3.63, 3.8) is 0 Å². The third-order valence-corrected chi connectivity index (χ3v) is 2.80. The van der Waals surface area contributed by atoms with Crippen LogP contribution in [0, 0.1) is 11.3 Å². The molecule has 0 aliphatic rings. The molecule has 0 aliphatic heterocycles. The number of halogens is 2. The summed E-state index contributed by atoms with van der Waals surface area (Å²) in [5.74, 6) is 0.594. The predicted molar refractivity (Wildman–Crippen MR) is 67.8 cm³/mol. The summed E-state index contributed by atoms with van der Waals surface area (Å²) in [5, 5.41) is 17.0. The molecule has 0 atom stereocenters. The summed E-state index contributed by atoms with van der Waals surface area (Å²) >= 11 is 11.9. The molecule has 0 fully saturated rings. The maximum atomic E-state index is 8.93. The molecule has 0 saturated heterocycles. The average Bonchev–Trinajstić information content (AvgIpc) is 2.71. The van der Waals surface area contributed by atoms with Gasteiger partial charge in [-0.15, -0.1) is 0 Å². The van der Waals surface area contributed by atoms with E-state index in [0.29, 0.717) is 27.1 Å². The van der Waals surface area contributed by atoms with Crippen LogP contribution in [0.4, 0.5) is 5.82 Å². The van der Waals surface area contributed by atoms with E-state index in [4.69, 9.17) is 28.5 Å². The van der Waals surface area contributed by atoms with Gasteiger partial charge in [-0.3, -0.25) is 0 Å². The fourth-order valence-electron chi connectivity index (χ4n) is 1.51. The quantitative estimate of drug-likeness (QED) is 0.909. The highest BCUT2D eigenvalue weighted by atomic mass is 35.5. The lowest BCUT2D eigenvalue weighted by atomic mass is 10.3. The highest BCUT2D eigenvalue weighted by molar-refractivity contribution is 6.35. The summed E-state index contributed by atoms with van der Waals surface area (Å²) in [6, 6.07) is 7.15. The Morgan fingerprint density at radius 1 is 1.41 bits per heavy atom. The van der Waals surface area contributed by atoms with Crippen LogP contribution in [0.15, 0.2) is 24.4 Å². The summed E-state index contributed by atoms with van der Waals surface area (Å²) in [7, 11) is 1.72. The third-order valence-electron chi connectivity index (χ3n) is 2.26. The monoisotopic (exact) mass is 266 g/mol. The second-order valence-electron chi connectivity index (χ2n) is 3.28. The number of hydrogen-bond acceptors (Lipinski definition) is 3. The molecule has 1 aromatic heterocycles. The van der Waals surface area contributed by atoms with Crippen LogP contribution in [0.1, 0.15) is 5.56 Å². The summed E-state index contributed by atoms with van der Waals surface area (Å²) in [6.45, 7) is 0. The van der Waals surface area contributed by atoms with E-state index in [1.807, 2.05) is 0 Å². The summed E-state index contributed by atoms with van der Waals surface area (Å²) in [6.07, 6.45) is 1.48. The number of nitriles is 1. The van der Waals surface area contributed by atoms with Crippen molar-refractivity contribution in [3.8, 4) is 11.8 Å². The van der Waals surface area contributed by atoms with Crippen LogP contribution in [-0.2, 0) is 0 Å². The molecule has 0 bridgehead atoms. The maximum absolute atomic E-state index is 8.93. The van der Waals surface area contributed by atoms with Gasteiger partial charge in [0.1, 0.15) is 17.5 Å². The zero-order valence-electron chi connectivity index (χ0n) is 8.91. The van der Waals surface area contributed by atoms with Crippen LogP contribution >= 0.6 is 23.2 Å². The molecule has 1 heterocycles.